The molecule has 5 N–H and O–H groups in total. The molecule has 4 rings (SSSR count). The van der Waals surface area contributed by atoms with Gasteiger partial charge in [0.1, 0.15) is 11.5 Å². The maximum Gasteiger partial charge on any atom is 0.353 e. The van der Waals surface area contributed by atoms with Crippen LogP contribution in [-0.4, -0.2) is 92.7 Å². The average Bonchev–Trinajstić information content (AvgIpc) is 3.38. The van der Waals surface area contributed by atoms with E-state index >= 15 is 0 Å². The molecule has 0 aromatic heterocycles. The van der Waals surface area contributed by atoms with Crippen LogP contribution in [0.2, 0.25) is 0 Å². The van der Waals surface area contributed by atoms with Crippen molar-refractivity contribution in [3.8, 4) is 0 Å². The first kappa shape index (κ1) is 24.2. The van der Waals surface area contributed by atoms with Crippen molar-refractivity contribution in [1.82, 2.24) is 15.1 Å². The topological polar surface area (TPSA) is 153 Å². The number of amides is 2. The Bertz CT molecular complexity index is 899. The summed E-state index contributed by atoms with van der Waals surface area (Å²) in [7, 11) is 0. The van der Waals surface area contributed by atoms with Crippen LogP contribution in [0.15, 0.2) is 10.6 Å². The molecular formula is C22H32N4O6S. The minimum absolute atomic E-state index is 0.0135. The van der Waals surface area contributed by atoms with Gasteiger partial charge in [-0.15, -0.1) is 11.8 Å². The molecule has 8 atom stereocenters. The molecule has 11 heteroatoms. The number of nitrogens with one attached hydrogen (secondary N) is 1. The predicted octanol–water partition coefficient (Wildman–Crippen LogP) is -0.631. The average molecular weight is 481 g/mol. The van der Waals surface area contributed by atoms with Gasteiger partial charge in [0, 0.05) is 48.2 Å². The van der Waals surface area contributed by atoms with Crippen LogP contribution in [0.1, 0.15) is 33.6 Å². The van der Waals surface area contributed by atoms with Crippen molar-refractivity contribution < 1.29 is 29.4 Å². The fourth-order valence-corrected chi connectivity index (χ4v) is 7.20. The van der Waals surface area contributed by atoms with Gasteiger partial charge in [0.05, 0.1) is 24.1 Å². The summed E-state index contributed by atoms with van der Waals surface area (Å²) in [4.78, 5) is 53.0. The molecule has 1 unspecified atom stereocenters. The van der Waals surface area contributed by atoms with E-state index in [0.717, 1.165) is 0 Å². The number of carbonyl (C=O) groups is 4. The molecule has 0 saturated carbocycles. The molecule has 0 aliphatic carbocycles. The summed E-state index contributed by atoms with van der Waals surface area (Å²) in [5.74, 6) is -2.10. The summed E-state index contributed by atoms with van der Waals surface area (Å²) in [6, 6.07) is -1.10. The van der Waals surface area contributed by atoms with Crippen LogP contribution >= 0.6 is 11.8 Å². The Labute approximate surface area is 196 Å². The number of ketones is 1. The van der Waals surface area contributed by atoms with Crippen LogP contribution in [0.5, 0.6) is 0 Å². The van der Waals surface area contributed by atoms with E-state index in [-0.39, 0.29) is 58.9 Å². The van der Waals surface area contributed by atoms with Crippen LogP contribution in [0.25, 0.3) is 0 Å². The highest BCUT2D eigenvalue weighted by atomic mass is 32.2. The van der Waals surface area contributed by atoms with Crippen molar-refractivity contribution in [1.29, 1.82) is 0 Å². The molecule has 0 spiro atoms. The molecule has 3 saturated heterocycles. The van der Waals surface area contributed by atoms with Gasteiger partial charge in [-0.1, -0.05) is 13.8 Å². The monoisotopic (exact) mass is 480 g/mol. The quantitative estimate of drug-likeness (QED) is 0.349. The van der Waals surface area contributed by atoms with Gasteiger partial charge in [-0.3, -0.25) is 9.59 Å². The largest absolute Gasteiger partial charge is 0.477 e. The predicted molar refractivity (Wildman–Crippen MR) is 121 cm³/mol. The van der Waals surface area contributed by atoms with Crippen molar-refractivity contribution in [2.24, 2.45) is 23.5 Å². The van der Waals surface area contributed by atoms with E-state index < -0.39 is 24.2 Å². The molecule has 0 aromatic rings. The standard InChI is InChI=1S/C22H32N4O6S/c1-9(4-10(2)27)16-17-11(3)19(18(22(31)32)26(17)21(16)30)33-12-5-14(24-6-12)20(29)25-7-13(23)15(28)8-25/h9,11-17,24,28H,4-8,23H2,1-3H3,(H,31,32)/t9-,11+,12?,13-,14-,15+,16+,17+/m0/s1. The molecule has 2 amide bonds. The van der Waals surface area contributed by atoms with Gasteiger partial charge in [-0.05, 0) is 19.3 Å². The van der Waals surface area contributed by atoms with Gasteiger partial charge in [0.15, 0.2) is 0 Å². The molecule has 10 nitrogen and oxygen atoms in total. The first-order chi connectivity index (χ1) is 15.5. The van der Waals surface area contributed by atoms with Gasteiger partial charge in [-0.25, -0.2) is 4.79 Å². The number of carboxylic acid groups (broad SMARTS) is 1. The molecule has 4 heterocycles. The number of carbonyl (C=O) groups excluding carboxylic acids is 3. The van der Waals surface area contributed by atoms with Crippen LogP contribution < -0.4 is 11.1 Å². The number of aliphatic hydroxyl groups excluding tert-OH is 1. The molecule has 0 radical (unpaired) electrons. The fourth-order valence-electron chi connectivity index (χ4n) is 5.72. The molecule has 0 bridgehead atoms. The van der Waals surface area contributed by atoms with Gasteiger partial charge >= 0.3 is 5.97 Å². The Hall–Kier alpha value is -1.95. The fraction of sp³-hybridized carbons (Fsp3) is 0.727. The second-order valence-electron chi connectivity index (χ2n) is 9.83. The number of nitrogens with two attached hydrogens (primary N) is 1. The van der Waals surface area contributed by atoms with Crippen molar-refractivity contribution in [2.75, 3.05) is 19.6 Å². The highest BCUT2D eigenvalue weighted by Gasteiger charge is 2.60. The highest BCUT2D eigenvalue weighted by Crippen LogP contribution is 2.53. The Morgan fingerprint density at radius 2 is 2.00 bits per heavy atom. The molecule has 33 heavy (non-hydrogen) atoms. The number of fused-ring (bicyclic) bond motifs is 1. The molecular weight excluding hydrogens is 448 g/mol. The number of likely N-dealkylation sites (tertiary alicyclic amines) is 1. The first-order valence-corrected chi connectivity index (χ1v) is 12.3. The summed E-state index contributed by atoms with van der Waals surface area (Å²) in [5, 5.41) is 22.9. The SMILES string of the molecule is CC(=O)C[C@H](C)[C@H]1C(=O)N2C(C(=O)O)=C(SC3CN[C@H](C(=O)N4C[C@@H](O)[C@@H](N)C4)C3)[C@H](C)[C@H]12. The number of Topliss-reactive ketones (excluding diaryl/α,β-unsaturated/α-hetero) is 1. The zero-order chi connectivity index (χ0) is 24.2. The lowest BCUT2D eigenvalue weighted by molar-refractivity contribution is -0.160. The Morgan fingerprint density at radius 1 is 1.30 bits per heavy atom. The smallest absolute Gasteiger partial charge is 0.353 e. The van der Waals surface area contributed by atoms with E-state index in [4.69, 9.17) is 5.73 Å². The van der Waals surface area contributed by atoms with Crippen molar-refractivity contribution in [3.63, 3.8) is 0 Å². The van der Waals surface area contributed by atoms with Crippen LogP contribution in [-0.2, 0) is 19.2 Å². The Kier molecular flexibility index (Phi) is 6.60. The first-order valence-electron chi connectivity index (χ1n) is 11.4. The summed E-state index contributed by atoms with van der Waals surface area (Å²) in [5.41, 5.74) is 5.86. The van der Waals surface area contributed by atoms with E-state index in [1.165, 1.54) is 23.6 Å². The van der Waals surface area contributed by atoms with Gasteiger partial charge in [-0.2, -0.15) is 0 Å². The van der Waals surface area contributed by atoms with Crippen LogP contribution in [0, 0.1) is 17.8 Å². The summed E-state index contributed by atoms with van der Waals surface area (Å²) >= 11 is 1.43. The number of aliphatic hydroxyl groups is 1. The van der Waals surface area contributed by atoms with Gasteiger partial charge in [0.2, 0.25) is 11.8 Å². The third kappa shape index (κ3) is 4.20. The lowest BCUT2D eigenvalue weighted by Crippen LogP contribution is -2.62. The second-order valence-corrected chi connectivity index (χ2v) is 11.2. The summed E-state index contributed by atoms with van der Waals surface area (Å²) in [6.45, 7) is 6.39. The summed E-state index contributed by atoms with van der Waals surface area (Å²) in [6.07, 6.45) is 0.101. The number of thioether (sulfide) groups is 1. The van der Waals surface area contributed by atoms with E-state index in [1.54, 1.807) is 4.90 Å². The lowest BCUT2D eigenvalue weighted by atomic mass is 9.73. The number of nitrogens with zero attached hydrogens (tertiary/aromatic N) is 2. The summed E-state index contributed by atoms with van der Waals surface area (Å²) < 4.78 is 0. The number of hydrogen-bond donors (Lipinski definition) is 4. The van der Waals surface area contributed by atoms with E-state index in [1.807, 2.05) is 13.8 Å². The lowest BCUT2D eigenvalue weighted by Gasteiger charge is -2.47. The number of rotatable bonds is 7. The molecule has 3 fully saturated rings. The number of aliphatic carboxylic acids is 1. The number of β-amino-alcohol motifs (C(OH)–C–C–N with tert-alkyl or cyclic N) is 1. The third-order valence-corrected chi connectivity index (χ3v) is 8.85. The number of carboxylic acids is 1. The normalized spacial score (nSPS) is 36.8. The minimum atomic E-state index is -1.13. The second kappa shape index (κ2) is 9.01. The Balaban J connectivity index is 1.45. The van der Waals surface area contributed by atoms with Crippen LogP contribution in [0.4, 0.5) is 0 Å². The molecule has 4 aliphatic rings. The van der Waals surface area contributed by atoms with Crippen molar-refractivity contribution >= 4 is 35.3 Å². The van der Waals surface area contributed by atoms with Gasteiger partial charge in [0.25, 0.3) is 0 Å². The Morgan fingerprint density at radius 3 is 2.58 bits per heavy atom. The van der Waals surface area contributed by atoms with Gasteiger partial charge < -0.3 is 35.9 Å². The molecule has 4 aliphatic heterocycles. The minimum Gasteiger partial charge on any atom is -0.477 e. The van der Waals surface area contributed by atoms with Crippen molar-refractivity contribution in [3.05, 3.63) is 10.6 Å². The zero-order valence-corrected chi connectivity index (χ0v) is 19.9. The van der Waals surface area contributed by atoms with E-state index in [0.29, 0.717) is 30.8 Å². The maximum atomic E-state index is 12.9. The zero-order valence-electron chi connectivity index (χ0n) is 19.1. The van der Waals surface area contributed by atoms with Crippen molar-refractivity contribution in [2.45, 2.75) is 63.1 Å². The number of hydrogen-bond acceptors (Lipinski definition) is 8. The molecule has 0 aromatic carbocycles. The number of β-lactam (4-membered cyclic amide) rings is 1. The van der Waals surface area contributed by atoms with E-state index in [9.17, 15) is 29.4 Å². The van der Waals surface area contributed by atoms with E-state index in [2.05, 4.69) is 5.32 Å². The van der Waals surface area contributed by atoms with Crippen LogP contribution in [0.3, 0.4) is 0 Å². The maximum absolute atomic E-state index is 12.9. The molecule has 182 valence electrons. The highest BCUT2D eigenvalue weighted by molar-refractivity contribution is 8.03. The third-order valence-electron chi connectivity index (χ3n) is 7.34.